The molecule has 0 fully saturated rings. The molecular formula is C15H12N2OS. The van der Waals surface area contributed by atoms with Gasteiger partial charge in [0.1, 0.15) is 5.25 Å². The zero-order chi connectivity index (χ0) is 13.1. The van der Waals surface area contributed by atoms with Crippen LogP contribution in [0.2, 0.25) is 0 Å². The summed E-state index contributed by atoms with van der Waals surface area (Å²) in [4.78, 5) is 21.5. The fourth-order valence-electron chi connectivity index (χ4n) is 1.96. The maximum atomic E-state index is 12.1. The highest BCUT2D eigenvalue weighted by Crippen LogP contribution is 2.35. The van der Waals surface area contributed by atoms with E-state index in [2.05, 4.69) is 9.98 Å². The monoisotopic (exact) mass is 268 g/mol. The molecule has 0 aliphatic carbocycles. The van der Waals surface area contributed by atoms with Crippen molar-refractivity contribution >= 4 is 23.8 Å². The molecule has 94 valence electrons. The zero-order valence-corrected chi connectivity index (χ0v) is 11.0. The summed E-state index contributed by atoms with van der Waals surface area (Å²) in [6, 6.07) is 11.6. The van der Waals surface area contributed by atoms with E-state index in [9.17, 15) is 4.79 Å². The lowest BCUT2D eigenvalue weighted by Gasteiger charge is -1.99. The summed E-state index contributed by atoms with van der Waals surface area (Å²) < 4.78 is 0. The molecule has 0 bridgehead atoms. The summed E-state index contributed by atoms with van der Waals surface area (Å²) in [6.07, 6.45) is 5.25. The summed E-state index contributed by atoms with van der Waals surface area (Å²) in [6.45, 7) is 0.587. The summed E-state index contributed by atoms with van der Waals surface area (Å²) >= 11 is 1.57. The van der Waals surface area contributed by atoms with Gasteiger partial charge in [0.2, 0.25) is 0 Å². The molecule has 0 saturated heterocycles. The standard InChI is InChI=1S/C15H12N2OS/c18-15-12-3-1-2-4-13(12)19-14(15)10-17-9-11-5-7-16-8-6-11/h1-8,10,14H,9H2/t14-/m0/s1. The fraction of sp³-hybridized carbons (Fsp3) is 0.133. The van der Waals surface area contributed by atoms with Crippen LogP contribution in [0.15, 0.2) is 58.7 Å². The van der Waals surface area contributed by atoms with Gasteiger partial charge in [0.25, 0.3) is 0 Å². The van der Waals surface area contributed by atoms with Crippen molar-refractivity contribution < 1.29 is 4.79 Å². The van der Waals surface area contributed by atoms with Crippen LogP contribution in [-0.4, -0.2) is 22.2 Å². The molecule has 0 amide bonds. The van der Waals surface area contributed by atoms with Crippen molar-refractivity contribution in [3.8, 4) is 0 Å². The van der Waals surface area contributed by atoms with Crippen molar-refractivity contribution in [3.05, 3.63) is 59.9 Å². The van der Waals surface area contributed by atoms with Crippen molar-refractivity contribution in [2.75, 3.05) is 0 Å². The summed E-state index contributed by atoms with van der Waals surface area (Å²) in [5.41, 5.74) is 1.91. The van der Waals surface area contributed by atoms with Crippen LogP contribution in [0.1, 0.15) is 15.9 Å². The number of benzene rings is 1. The molecule has 4 heteroatoms. The van der Waals surface area contributed by atoms with Crippen LogP contribution in [-0.2, 0) is 6.54 Å². The third-order valence-corrected chi connectivity index (χ3v) is 4.13. The Morgan fingerprint density at radius 2 is 2.00 bits per heavy atom. The van der Waals surface area contributed by atoms with Gasteiger partial charge in [0.15, 0.2) is 5.78 Å². The summed E-state index contributed by atoms with van der Waals surface area (Å²) in [5.74, 6) is 0.152. The normalized spacial score (nSPS) is 17.9. The third kappa shape index (κ3) is 2.58. The lowest BCUT2D eigenvalue weighted by atomic mass is 10.1. The molecule has 0 radical (unpaired) electrons. The number of nitrogens with zero attached hydrogens (tertiary/aromatic N) is 2. The lowest BCUT2D eigenvalue weighted by molar-refractivity contribution is 0.101. The second kappa shape index (κ2) is 5.36. The van der Waals surface area contributed by atoms with Gasteiger partial charge in [0.05, 0.1) is 6.54 Å². The van der Waals surface area contributed by atoms with Crippen molar-refractivity contribution in [1.82, 2.24) is 4.98 Å². The highest BCUT2D eigenvalue weighted by molar-refractivity contribution is 8.02. The van der Waals surface area contributed by atoms with E-state index >= 15 is 0 Å². The summed E-state index contributed by atoms with van der Waals surface area (Å²) in [7, 11) is 0. The van der Waals surface area contributed by atoms with Crippen molar-refractivity contribution in [2.45, 2.75) is 16.7 Å². The molecule has 19 heavy (non-hydrogen) atoms. The molecular weight excluding hydrogens is 256 g/mol. The molecule has 3 nitrogen and oxygen atoms in total. The largest absolute Gasteiger partial charge is 0.292 e. The predicted molar refractivity (Wildman–Crippen MR) is 76.9 cm³/mol. The number of hydrogen-bond donors (Lipinski definition) is 0. The minimum absolute atomic E-state index is 0.152. The molecule has 2 aromatic rings. The van der Waals surface area contributed by atoms with Crippen LogP contribution in [0, 0.1) is 0 Å². The summed E-state index contributed by atoms with van der Waals surface area (Å²) in [5, 5.41) is -0.181. The van der Waals surface area contributed by atoms with Crippen LogP contribution < -0.4 is 0 Å². The number of fused-ring (bicyclic) bond motifs is 1. The molecule has 0 saturated carbocycles. The first-order valence-electron chi connectivity index (χ1n) is 6.03. The Morgan fingerprint density at radius 3 is 2.79 bits per heavy atom. The van der Waals surface area contributed by atoms with Gasteiger partial charge in [-0.25, -0.2) is 0 Å². The van der Waals surface area contributed by atoms with Crippen LogP contribution in [0.3, 0.4) is 0 Å². The Morgan fingerprint density at radius 1 is 1.21 bits per heavy atom. The first kappa shape index (κ1) is 12.1. The minimum atomic E-state index is -0.181. The second-order valence-corrected chi connectivity index (χ2v) is 5.43. The van der Waals surface area contributed by atoms with E-state index in [1.165, 1.54) is 0 Å². The molecule has 0 spiro atoms. The number of rotatable bonds is 3. The van der Waals surface area contributed by atoms with E-state index < -0.39 is 0 Å². The molecule has 1 aromatic carbocycles. The van der Waals surface area contributed by atoms with E-state index in [1.807, 2.05) is 36.4 Å². The molecule has 3 rings (SSSR count). The first-order valence-corrected chi connectivity index (χ1v) is 6.91. The minimum Gasteiger partial charge on any atom is -0.292 e. The maximum absolute atomic E-state index is 12.1. The van der Waals surface area contributed by atoms with Crippen molar-refractivity contribution in [3.63, 3.8) is 0 Å². The highest BCUT2D eigenvalue weighted by Gasteiger charge is 2.29. The van der Waals surface area contributed by atoms with E-state index in [4.69, 9.17) is 0 Å². The number of aliphatic imine (C=N–C) groups is 1. The van der Waals surface area contributed by atoms with Gasteiger partial charge < -0.3 is 0 Å². The van der Waals surface area contributed by atoms with E-state index in [-0.39, 0.29) is 11.0 Å². The number of aromatic nitrogens is 1. The molecule has 1 aliphatic rings. The average molecular weight is 268 g/mol. The molecule has 1 atom stereocenters. The SMILES string of the molecule is O=C1c2ccccc2S[C@H]1C=NCc1ccncc1. The quantitative estimate of drug-likeness (QED) is 0.804. The number of ketones is 1. The molecule has 1 aliphatic heterocycles. The van der Waals surface area contributed by atoms with Crippen molar-refractivity contribution in [1.29, 1.82) is 0 Å². The third-order valence-electron chi connectivity index (χ3n) is 2.93. The Hall–Kier alpha value is -1.94. The first-order chi connectivity index (χ1) is 9.34. The van der Waals surface area contributed by atoms with Gasteiger partial charge >= 0.3 is 0 Å². The van der Waals surface area contributed by atoms with Crippen LogP contribution >= 0.6 is 11.8 Å². The molecule has 0 unspecified atom stereocenters. The van der Waals surface area contributed by atoms with Gasteiger partial charge in [-0.2, -0.15) is 0 Å². The predicted octanol–water partition coefficient (Wildman–Crippen LogP) is 3.01. The van der Waals surface area contributed by atoms with Crippen LogP contribution in [0.4, 0.5) is 0 Å². The molecule has 2 heterocycles. The Kier molecular flexibility index (Phi) is 3.42. The van der Waals surface area contributed by atoms with E-state index in [0.717, 1.165) is 16.0 Å². The van der Waals surface area contributed by atoms with Gasteiger partial charge in [-0.05, 0) is 23.8 Å². The topological polar surface area (TPSA) is 42.3 Å². The van der Waals surface area contributed by atoms with Crippen LogP contribution in [0.5, 0.6) is 0 Å². The van der Waals surface area contributed by atoms with Crippen molar-refractivity contribution in [2.24, 2.45) is 4.99 Å². The van der Waals surface area contributed by atoms with Crippen LogP contribution in [0.25, 0.3) is 0 Å². The van der Waals surface area contributed by atoms with Gasteiger partial charge in [-0.3, -0.25) is 14.8 Å². The lowest BCUT2D eigenvalue weighted by Crippen LogP contribution is -2.12. The maximum Gasteiger partial charge on any atom is 0.182 e. The number of carbonyl (C=O) groups is 1. The number of hydrogen-bond acceptors (Lipinski definition) is 4. The second-order valence-electron chi connectivity index (χ2n) is 4.24. The van der Waals surface area contributed by atoms with Gasteiger partial charge in [0, 0.05) is 29.1 Å². The van der Waals surface area contributed by atoms with Gasteiger partial charge in [-0.1, -0.05) is 18.2 Å². The van der Waals surface area contributed by atoms with E-state index in [1.54, 1.807) is 30.4 Å². The number of thioether (sulfide) groups is 1. The number of Topliss-reactive ketones (excluding diaryl/α,β-unsaturated/α-hetero) is 1. The fourth-order valence-corrected chi connectivity index (χ4v) is 3.06. The number of carbonyl (C=O) groups excluding carboxylic acids is 1. The number of pyridine rings is 1. The highest BCUT2D eigenvalue weighted by atomic mass is 32.2. The van der Waals surface area contributed by atoms with Gasteiger partial charge in [-0.15, -0.1) is 11.8 Å². The molecule has 0 N–H and O–H groups in total. The molecule has 1 aromatic heterocycles. The zero-order valence-electron chi connectivity index (χ0n) is 10.2. The average Bonchev–Trinajstić information content (AvgIpc) is 2.78. The Labute approximate surface area is 115 Å². The Bertz CT molecular complexity index is 625. The smallest absolute Gasteiger partial charge is 0.182 e. The van der Waals surface area contributed by atoms with E-state index in [0.29, 0.717) is 6.54 Å². The Balaban J connectivity index is 1.68.